The number of ether oxygens (including phenoxy) is 1. The summed E-state index contributed by atoms with van der Waals surface area (Å²) in [6.07, 6.45) is -0.504. The molecule has 0 saturated carbocycles. The van der Waals surface area contributed by atoms with Crippen molar-refractivity contribution in [2.75, 3.05) is 6.61 Å². The van der Waals surface area contributed by atoms with Crippen LogP contribution in [0, 0.1) is 6.92 Å². The highest BCUT2D eigenvalue weighted by molar-refractivity contribution is 4.35. The topological polar surface area (TPSA) is 9.23 Å². The second kappa shape index (κ2) is 4.06. The molecule has 1 radical (unpaired) electrons. The molecule has 0 rings (SSSR count). The smallest absolute Gasteiger partial charge is 0.195 e. The minimum atomic E-state index is -1.14. The Bertz CT molecular complexity index is 37.1. The van der Waals surface area contributed by atoms with Gasteiger partial charge < -0.3 is 4.74 Å². The largest absolute Gasteiger partial charge is 0.348 e. The lowest BCUT2D eigenvalue weighted by molar-refractivity contribution is -0.0221. The summed E-state index contributed by atoms with van der Waals surface area (Å²) in [4.78, 5) is 0. The predicted octanol–water partition coefficient (Wildman–Crippen LogP) is 1.54. The van der Waals surface area contributed by atoms with Gasteiger partial charge in [0.1, 0.15) is 0 Å². The zero-order chi connectivity index (χ0) is 5.70. The van der Waals surface area contributed by atoms with E-state index in [2.05, 4.69) is 11.7 Å². The molecule has 0 aliphatic rings. The number of hydrogen-bond donors (Lipinski definition) is 0. The third kappa shape index (κ3) is 5.89. The van der Waals surface area contributed by atoms with Crippen LogP contribution in [0.3, 0.4) is 0 Å². The molecule has 7 heavy (non-hydrogen) atoms. The van der Waals surface area contributed by atoms with E-state index in [9.17, 15) is 4.39 Å². The number of rotatable bonds is 3. The van der Waals surface area contributed by atoms with E-state index < -0.39 is 6.36 Å². The van der Waals surface area contributed by atoms with E-state index in [-0.39, 0.29) is 0 Å². The van der Waals surface area contributed by atoms with Crippen LogP contribution in [-0.4, -0.2) is 13.0 Å². The molecule has 0 amide bonds. The van der Waals surface area contributed by atoms with Crippen LogP contribution < -0.4 is 0 Å². The van der Waals surface area contributed by atoms with Crippen molar-refractivity contribution in [1.82, 2.24) is 0 Å². The maximum atomic E-state index is 11.6. The molecule has 0 fully saturated rings. The lowest BCUT2D eigenvalue weighted by Gasteiger charge is -1.99. The number of halogens is 1. The number of alkyl halides is 1. The Morgan fingerprint density at radius 3 is 2.57 bits per heavy atom. The highest BCUT2D eigenvalue weighted by Crippen LogP contribution is 1.90. The summed E-state index contributed by atoms with van der Waals surface area (Å²) < 4.78 is 16.1. The standard InChI is InChI=1S/C5H10FO/c1-3-4-7-5(2)6/h5H,1,3-4H2,2H3. The molecular formula is C5H10FO. The molecule has 2 heteroatoms. The van der Waals surface area contributed by atoms with Crippen LogP contribution in [0.4, 0.5) is 4.39 Å². The van der Waals surface area contributed by atoms with Gasteiger partial charge in [0.2, 0.25) is 0 Å². The Morgan fingerprint density at radius 2 is 2.43 bits per heavy atom. The molecule has 1 atom stereocenters. The van der Waals surface area contributed by atoms with E-state index in [1.807, 2.05) is 0 Å². The molecule has 1 nitrogen and oxygen atoms in total. The van der Waals surface area contributed by atoms with Gasteiger partial charge in [0.05, 0.1) is 6.61 Å². The molecule has 0 N–H and O–H groups in total. The number of hydrogen-bond acceptors (Lipinski definition) is 1. The van der Waals surface area contributed by atoms with E-state index in [1.165, 1.54) is 6.92 Å². The van der Waals surface area contributed by atoms with Crippen molar-refractivity contribution in [2.24, 2.45) is 0 Å². The Morgan fingerprint density at radius 1 is 1.86 bits per heavy atom. The molecule has 0 saturated heterocycles. The molecule has 0 aromatic carbocycles. The zero-order valence-electron chi connectivity index (χ0n) is 4.48. The summed E-state index contributed by atoms with van der Waals surface area (Å²) in [5, 5.41) is 0. The Balaban J connectivity index is 2.68. The van der Waals surface area contributed by atoms with E-state index >= 15 is 0 Å². The molecule has 0 aliphatic heterocycles. The average Bonchev–Trinajstić information content (AvgIpc) is 1.61. The fourth-order valence-corrected chi connectivity index (χ4v) is 0.246. The first kappa shape index (κ1) is 6.89. The summed E-state index contributed by atoms with van der Waals surface area (Å²) >= 11 is 0. The van der Waals surface area contributed by atoms with Gasteiger partial charge in [-0.2, -0.15) is 0 Å². The maximum Gasteiger partial charge on any atom is 0.195 e. The van der Waals surface area contributed by atoms with E-state index in [1.54, 1.807) is 0 Å². The SMILES string of the molecule is [CH2]CCOC(C)F. The molecule has 1 unspecified atom stereocenters. The minimum absolute atomic E-state index is 0.414. The summed E-state index contributed by atoms with van der Waals surface area (Å²) in [6.45, 7) is 5.24. The molecule has 0 spiro atoms. The molecule has 0 heterocycles. The summed E-state index contributed by atoms with van der Waals surface area (Å²) in [5.74, 6) is 0. The molecule has 0 bridgehead atoms. The Labute approximate surface area is 43.5 Å². The first-order chi connectivity index (χ1) is 3.27. The minimum Gasteiger partial charge on any atom is -0.348 e. The Kier molecular flexibility index (Phi) is 4.00. The first-order valence-corrected chi connectivity index (χ1v) is 2.32. The second-order valence-corrected chi connectivity index (χ2v) is 1.27. The van der Waals surface area contributed by atoms with Crippen molar-refractivity contribution in [2.45, 2.75) is 19.7 Å². The lowest BCUT2D eigenvalue weighted by atomic mass is 10.5. The molecule has 0 aliphatic carbocycles. The van der Waals surface area contributed by atoms with Crippen LogP contribution in [0.15, 0.2) is 0 Å². The van der Waals surface area contributed by atoms with Gasteiger partial charge in [0.25, 0.3) is 0 Å². The third-order valence-corrected chi connectivity index (χ3v) is 0.492. The van der Waals surface area contributed by atoms with Crippen molar-refractivity contribution in [1.29, 1.82) is 0 Å². The van der Waals surface area contributed by atoms with Gasteiger partial charge in [-0.3, -0.25) is 0 Å². The lowest BCUT2D eigenvalue weighted by Crippen LogP contribution is -2.00. The Hall–Kier alpha value is -0.110. The van der Waals surface area contributed by atoms with E-state index in [0.717, 1.165) is 0 Å². The molecule has 0 aromatic rings. The van der Waals surface area contributed by atoms with Gasteiger partial charge in [-0.25, -0.2) is 4.39 Å². The van der Waals surface area contributed by atoms with Crippen molar-refractivity contribution in [3.63, 3.8) is 0 Å². The normalized spacial score (nSPS) is 14.1. The van der Waals surface area contributed by atoms with Gasteiger partial charge in [0.15, 0.2) is 6.36 Å². The van der Waals surface area contributed by atoms with Crippen LogP contribution in [0.25, 0.3) is 0 Å². The van der Waals surface area contributed by atoms with Crippen LogP contribution >= 0.6 is 0 Å². The van der Waals surface area contributed by atoms with Gasteiger partial charge in [-0.1, -0.05) is 6.92 Å². The fraction of sp³-hybridized carbons (Fsp3) is 0.800. The van der Waals surface area contributed by atoms with Crippen LogP contribution in [-0.2, 0) is 4.74 Å². The summed E-state index contributed by atoms with van der Waals surface area (Å²) in [6, 6.07) is 0. The highest BCUT2D eigenvalue weighted by atomic mass is 19.1. The van der Waals surface area contributed by atoms with E-state index in [0.29, 0.717) is 13.0 Å². The van der Waals surface area contributed by atoms with Crippen molar-refractivity contribution < 1.29 is 9.13 Å². The fourth-order valence-electron chi connectivity index (χ4n) is 0.246. The predicted molar refractivity (Wildman–Crippen MR) is 26.5 cm³/mol. The third-order valence-electron chi connectivity index (χ3n) is 0.492. The monoisotopic (exact) mass is 105 g/mol. The molecule has 43 valence electrons. The van der Waals surface area contributed by atoms with Crippen molar-refractivity contribution in [3.05, 3.63) is 6.92 Å². The van der Waals surface area contributed by atoms with Crippen LogP contribution in [0.5, 0.6) is 0 Å². The summed E-state index contributed by atoms with van der Waals surface area (Å²) in [5.41, 5.74) is 0. The highest BCUT2D eigenvalue weighted by Gasteiger charge is 1.91. The van der Waals surface area contributed by atoms with Crippen molar-refractivity contribution >= 4 is 0 Å². The van der Waals surface area contributed by atoms with E-state index in [4.69, 9.17) is 0 Å². The second-order valence-electron chi connectivity index (χ2n) is 1.27. The summed E-state index contributed by atoms with van der Waals surface area (Å²) in [7, 11) is 0. The van der Waals surface area contributed by atoms with Gasteiger partial charge in [-0.15, -0.1) is 0 Å². The molecular weight excluding hydrogens is 95.1 g/mol. The maximum absolute atomic E-state index is 11.6. The van der Waals surface area contributed by atoms with Crippen LogP contribution in [0.2, 0.25) is 0 Å². The molecule has 0 aromatic heterocycles. The van der Waals surface area contributed by atoms with Crippen LogP contribution in [0.1, 0.15) is 13.3 Å². The van der Waals surface area contributed by atoms with Gasteiger partial charge in [-0.05, 0) is 13.3 Å². The quantitative estimate of drug-likeness (QED) is 0.529. The first-order valence-electron chi connectivity index (χ1n) is 2.32. The van der Waals surface area contributed by atoms with Gasteiger partial charge in [0, 0.05) is 0 Å². The van der Waals surface area contributed by atoms with Gasteiger partial charge >= 0.3 is 0 Å². The zero-order valence-corrected chi connectivity index (χ0v) is 4.48. The van der Waals surface area contributed by atoms with Crippen molar-refractivity contribution in [3.8, 4) is 0 Å². The average molecular weight is 105 g/mol.